The monoisotopic (exact) mass is 362 g/mol. The Kier molecular flexibility index (Phi) is 4.97. The second-order valence-corrected chi connectivity index (χ2v) is 7.61. The van der Waals surface area contributed by atoms with Crippen LogP contribution in [-0.4, -0.2) is 41.2 Å². The van der Waals surface area contributed by atoms with Crippen molar-refractivity contribution in [2.24, 2.45) is 0 Å². The van der Waals surface area contributed by atoms with Gasteiger partial charge in [0.2, 0.25) is 11.8 Å². The van der Waals surface area contributed by atoms with Gasteiger partial charge in [-0.15, -0.1) is 0 Å². The van der Waals surface area contributed by atoms with Crippen molar-refractivity contribution in [1.29, 1.82) is 0 Å². The molecule has 0 bridgehead atoms. The largest absolute Gasteiger partial charge is 0.332 e. The van der Waals surface area contributed by atoms with Gasteiger partial charge in [-0.2, -0.15) is 0 Å². The van der Waals surface area contributed by atoms with Gasteiger partial charge >= 0.3 is 0 Å². The number of rotatable bonds is 4. The van der Waals surface area contributed by atoms with E-state index in [4.69, 9.17) is 0 Å². The lowest BCUT2D eigenvalue weighted by Gasteiger charge is -2.44. The van der Waals surface area contributed by atoms with Crippen LogP contribution in [0.2, 0.25) is 0 Å². The molecule has 0 N–H and O–H groups in total. The maximum atomic E-state index is 12.8. The quantitative estimate of drug-likeness (QED) is 0.837. The Morgan fingerprint density at radius 1 is 1.11 bits per heavy atom. The van der Waals surface area contributed by atoms with E-state index in [9.17, 15) is 9.59 Å². The normalized spacial score (nSPS) is 18.9. The summed E-state index contributed by atoms with van der Waals surface area (Å²) in [6.07, 6.45) is 3.12. The first-order chi connectivity index (χ1) is 13.1. The Morgan fingerprint density at radius 3 is 2.74 bits per heavy atom. The molecule has 4 rings (SSSR count). The van der Waals surface area contributed by atoms with E-state index in [1.54, 1.807) is 4.90 Å². The van der Waals surface area contributed by atoms with Crippen molar-refractivity contribution in [1.82, 2.24) is 9.80 Å². The van der Waals surface area contributed by atoms with Crippen LogP contribution in [0.4, 0.5) is 0 Å². The van der Waals surface area contributed by atoms with Crippen LogP contribution >= 0.6 is 0 Å². The van der Waals surface area contributed by atoms with E-state index in [0.717, 1.165) is 25.8 Å². The molecule has 0 radical (unpaired) electrons. The highest BCUT2D eigenvalue weighted by atomic mass is 16.2. The molecule has 2 aromatic rings. The molecule has 4 heteroatoms. The molecule has 27 heavy (non-hydrogen) atoms. The Morgan fingerprint density at radius 2 is 1.89 bits per heavy atom. The Bertz CT molecular complexity index is 861. The zero-order valence-corrected chi connectivity index (χ0v) is 15.9. The van der Waals surface area contributed by atoms with Crippen LogP contribution in [0.25, 0.3) is 0 Å². The minimum absolute atomic E-state index is 0.0107. The van der Waals surface area contributed by atoms with Crippen LogP contribution < -0.4 is 0 Å². The molecule has 1 atom stereocenters. The lowest BCUT2D eigenvalue weighted by molar-refractivity contribution is -0.149. The third-order valence-electron chi connectivity index (χ3n) is 5.90. The molecule has 0 aliphatic carbocycles. The van der Waals surface area contributed by atoms with Gasteiger partial charge in [0.1, 0.15) is 0 Å². The van der Waals surface area contributed by atoms with Crippen molar-refractivity contribution in [2.75, 3.05) is 19.6 Å². The van der Waals surface area contributed by atoms with Crippen LogP contribution in [0.1, 0.15) is 41.1 Å². The fraction of sp³-hybridized carbons (Fsp3) is 0.391. The molecule has 1 fully saturated rings. The minimum Gasteiger partial charge on any atom is -0.332 e. The fourth-order valence-corrected chi connectivity index (χ4v) is 4.34. The van der Waals surface area contributed by atoms with Crippen molar-refractivity contribution in [3.05, 3.63) is 70.8 Å². The number of nitrogens with zero attached hydrogens (tertiary/aromatic N) is 2. The topological polar surface area (TPSA) is 40.6 Å². The highest BCUT2D eigenvalue weighted by Crippen LogP contribution is 2.33. The van der Waals surface area contributed by atoms with Gasteiger partial charge in [0.15, 0.2) is 0 Å². The summed E-state index contributed by atoms with van der Waals surface area (Å²) in [6, 6.07) is 16.6. The van der Waals surface area contributed by atoms with Crippen molar-refractivity contribution in [3.63, 3.8) is 0 Å². The van der Waals surface area contributed by atoms with Crippen LogP contribution in [0, 0.1) is 6.92 Å². The second-order valence-electron chi connectivity index (χ2n) is 7.61. The lowest BCUT2D eigenvalue weighted by atomic mass is 9.90. The molecular weight excluding hydrogens is 336 g/mol. The van der Waals surface area contributed by atoms with E-state index in [2.05, 4.69) is 31.2 Å². The Balaban J connectivity index is 1.40. The van der Waals surface area contributed by atoms with Crippen molar-refractivity contribution in [3.8, 4) is 0 Å². The molecule has 4 nitrogen and oxygen atoms in total. The van der Waals surface area contributed by atoms with E-state index in [1.807, 2.05) is 29.2 Å². The zero-order valence-electron chi connectivity index (χ0n) is 15.9. The summed E-state index contributed by atoms with van der Waals surface area (Å²) in [5.74, 6) is 0.174. The Hall–Kier alpha value is -2.62. The number of carbonyl (C=O) groups is 2. The van der Waals surface area contributed by atoms with Crippen molar-refractivity contribution in [2.45, 2.75) is 38.6 Å². The molecule has 2 amide bonds. The van der Waals surface area contributed by atoms with E-state index >= 15 is 0 Å². The van der Waals surface area contributed by atoms with E-state index in [0.29, 0.717) is 13.0 Å². The molecular formula is C23H26N2O2. The molecule has 140 valence electrons. The number of aryl methyl sites for hydroxylation is 2. The van der Waals surface area contributed by atoms with E-state index < -0.39 is 0 Å². The van der Waals surface area contributed by atoms with Gasteiger partial charge in [-0.1, -0.05) is 48.5 Å². The number of amides is 2. The molecule has 2 aliphatic heterocycles. The van der Waals surface area contributed by atoms with Gasteiger partial charge in [0.05, 0.1) is 12.6 Å². The van der Waals surface area contributed by atoms with Crippen LogP contribution in [0.3, 0.4) is 0 Å². The number of carbonyl (C=O) groups excluding carboxylic acids is 2. The average Bonchev–Trinajstić information content (AvgIpc) is 2.69. The SMILES string of the molecule is Cc1ccccc1CCCC(=O)N1CC(=O)N2CCc3ccccc3C2C1. The third-order valence-corrected chi connectivity index (χ3v) is 5.90. The standard InChI is InChI=1S/C23H26N2O2/c1-17-7-2-3-8-18(17)10-6-12-22(26)24-15-21-20-11-5-4-9-19(20)13-14-25(21)23(27)16-24/h2-5,7-9,11,21H,6,10,12-16H2,1H3. The molecule has 1 unspecified atom stereocenters. The number of fused-ring (bicyclic) bond motifs is 3. The predicted molar refractivity (Wildman–Crippen MR) is 105 cm³/mol. The summed E-state index contributed by atoms with van der Waals surface area (Å²) in [5, 5.41) is 0. The molecule has 0 spiro atoms. The van der Waals surface area contributed by atoms with Crippen LogP contribution in [0.5, 0.6) is 0 Å². The van der Waals surface area contributed by atoms with Crippen LogP contribution in [-0.2, 0) is 22.4 Å². The van der Waals surface area contributed by atoms with E-state index in [1.165, 1.54) is 22.3 Å². The van der Waals surface area contributed by atoms with Crippen LogP contribution in [0.15, 0.2) is 48.5 Å². The van der Waals surface area contributed by atoms with Gasteiger partial charge < -0.3 is 9.80 Å². The van der Waals surface area contributed by atoms with Gasteiger partial charge in [0, 0.05) is 19.5 Å². The lowest BCUT2D eigenvalue weighted by Crippen LogP contribution is -2.55. The Labute approximate surface area is 160 Å². The summed E-state index contributed by atoms with van der Waals surface area (Å²) in [6.45, 7) is 3.71. The second kappa shape index (κ2) is 7.55. The number of piperazine rings is 1. The molecule has 2 aliphatic rings. The number of benzene rings is 2. The molecule has 2 heterocycles. The van der Waals surface area contributed by atoms with Crippen molar-refractivity contribution >= 4 is 11.8 Å². The van der Waals surface area contributed by atoms with Gasteiger partial charge in [0.25, 0.3) is 0 Å². The highest BCUT2D eigenvalue weighted by Gasteiger charge is 2.38. The fourth-order valence-electron chi connectivity index (χ4n) is 4.34. The summed E-state index contributed by atoms with van der Waals surface area (Å²) in [4.78, 5) is 29.1. The highest BCUT2D eigenvalue weighted by molar-refractivity contribution is 5.86. The smallest absolute Gasteiger partial charge is 0.242 e. The maximum Gasteiger partial charge on any atom is 0.242 e. The molecule has 0 aromatic heterocycles. The van der Waals surface area contributed by atoms with E-state index in [-0.39, 0.29) is 24.4 Å². The summed E-state index contributed by atoms with van der Waals surface area (Å²) >= 11 is 0. The molecule has 0 saturated carbocycles. The number of hydrogen-bond acceptors (Lipinski definition) is 2. The first-order valence-electron chi connectivity index (χ1n) is 9.83. The first-order valence-corrected chi connectivity index (χ1v) is 9.83. The zero-order chi connectivity index (χ0) is 18.8. The predicted octanol–water partition coefficient (Wildman–Crippen LogP) is 3.29. The maximum absolute atomic E-state index is 12.8. The number of hydrogen-bond donors (Lipinski definition) is 0. The third kappa shape index (κ3) is 3.61. The average molecular weight is 362 g/mol. The summed E-state index contributed by atoms with van der Waals surface area (Å²) in [7, 11) is 0. The minimum atomic E-state index is 0.0107. The summed E-state index contributed by atoms with van der Waals surface area (Å²) < 4.78 is 0. The molecule has 2 aromatic carbocycles. The summed E-state index contributed by atoms with van der Waals surface area (Å²) in [5.41, 5.74) is 5.08. The van der Waals surface area contributed by atoms with Gasteiger partial charge in [-0.05, 0) is 48.4 Å². The first kappa shape index (κ1) is 17.8. The van der Waals surface area contributed by atoms with Crippen molar-refractivity contribution < 1.29 is 9.59 Å². The van der Waals surface area contributed by atoms with Gasteiger partial charge in [-0.3, -0.25) is 9.59 Å². The van der Waals surface area contributed by atoms with Gasteiger partial charge in [-0.25, -0.2) is 0 Å². The molecule has 1 saturated heterocycles.